The Morgan fingerprint density at radius 2 is 1.75 bits per heavy atom. The number of aromatic nitrogens is 4. The molecule has 0 aliphatic carbocycles. The molecular formula is C14H22N4O2. The van der Waals surface area contributed by atoms with E-state index in [4.69, 9.17) is 0 Å². The lowest BCUT2D eigenvalue weighted by atomic mass is 10.1. The lowest BCUT2D eigenvalue weighted by Gasteiger charge is -2.04. The maximum atomic E-state index is 11.5. The number of nitrogens with one attached hydrogen (secondary N) is 2. The number of aromatic amines is 2. The van der Waals surface area contributed by atoms with Gasteiger partial charge in [-0.25, -0.2) is 9.78 Å². The Labute approximate surface area is 117 Å². The van der Waals surface area contributed by atoms with Crippen molar-refractivity contribution in [2.75, 3.05) is 0 Å². The second kappa shape index (κ2) is 7.07. The molecule has 6 nitrogen and oxygen atoms in total. The summed E-state index contributed by atoms with van der Waals surface area (Å²) < 4.78 is 1.85. The van der Waals surface area contributed by atoms with Crippen molar-refractivity contribution in [3.8, 4) is 0 Å². The molecule has 2 N–H and O–H groups in total. The van der Waals surface area contributed by atoms with Crippen LogP contribution in [0.15, 0.2) is 15.9 Å². The Balaban J connectivity index is 1.88. The van der Waals surface area contributed by atoms with Crippen LogP contribution in [0.25, 0.3) is 11.2 Å². The summed E-state index contributed by atoms with van der Waals surface area (Å²) in [4.78, 5) is 31.7. The number of rotatable bonds is 8. The second-order valence-corrected chi connectivity index (χ2v) is 5.16. The molecule has 110 valence electrons. The molecule has 2 aromatic heterocycles. The van der Waals surface area contributed by atoms with Crippen molar-refractivity contribution < 1.29 is 0 Å². The molecule has 0 aliphatic rings. The van der Waals surface area contributed by atoms with Crippen LogP contribution in [0, 0.1) is 0 Å². The van der Waals surface area contributed by atoms with E-state index in [0.717, 1.165) is 19.4 Å². The summed E-state index contributed by atoms with van der Waals surface area (Å²) in [6.07, 6.45) is 10.2. The zero-order valence-electron chi connectivity index (χ0n) is 11.9. The minimum atomic E-state index is -0.483. The first-order chi connectivity index (χ1) is 9.72. The minimum absolute atomic E-state index is 0.299. The highest BCUT2D eigenvalue weighted by atomic mass is 16.2. The highest BCUT2D eigenvalue weighted by molar-refractivity contribution is 5.68. The number of aryl methyl sites for hydroxylation is 1. The van der Waals surface area contributed by atoms with Gasteiger partial charge in [-0.3, -0.25) is 14.8 Å². The van der Waals surface area contributed by atoms with Crippen LogP contribution in [-0.4, -0.2) is 19.5 Å². The van der Waals surface area contributed by atoms with Crippen molar-refractivity contribution in [1.29, 1.82) is 0 Å². The van der Waals surface area contributed by atoms with Crippen LogP contribution in [0.1, 0.15) is 51.9 Å². The molecule has 0 aromatic carbocycles. The number of fused-ring (bicyclic) bond motifs is 1. The number of unbranched alkanes of at least 4 members (excludes halogenated alkanes) is 6. The van der Waals surface area contributed by atoms with Gasteiger partial charge in [0.05, 0.1) is 6.33 Å². The summed E-state index contributed by atoms with van der Waals surface area (Å²) in [7, 11) is 0. The van der Waals surface area contributed by atoms with E-state index in [9.17, 15) is 9.59 Å². The van der Waals surface area contributed by atoms with E-state index < -0.39 is 11.2 Å². The van der Waals surface area contributed by atoms with Gasteiger partial charge in [0.15, 0.2) is 5.52 Å². The molecule has 0 atom stereocenters. The molecule has 0 fully saturated rings. The number of hydrogen-bond acceptors (Lipinski definition) is 3. The summed E-state index contributed by atoms with van der Waals surface area (Å²) in [6.45, 7) is 3.00. The van der Waals surface area contributed by atoms with E-state index in [1.807, 2.05) is 4.57 Å². The van der Waals surface area contributed by atoms with E-state index in [2.05, 4.69) is 21.9 Å². The van der Waals surface area contributed by atoms with Gasteiger partial charge in [0.25, 0.3) is 5.56 Å². The van der Waals surface area contributed by atoms with E-state index in [-0.39, 0.29) is 0 Å². The summed E-state index contributed by atoms with van der Waals surface area (Å²) in [6, 6.07) is 0. The number of nitrogens with zero attached hydrogens (tertiary/aromatic N) is 2. The first kappa shape index (κ1) is 14.6. The Bertz CT molecular complexity index is 653. The lowest BCUT2D eigenvalue weighted by molar-refractivity contribution is 0.553. The van der Waals surface area contributed by atoms with Crippen molar-refractivity contribution in [2.45, 2.75) is 58.4 Å². The van der Waals surface area contributed by atoms with Gasteiger partial charge in [0, 0.05) is 6.54 Å². The quantitative estimate of drug-likeness (QED) is 0.726. The van der Waals surface area contributed by atoms with E-state index in [1.165, 1.54) is 32.1 Å². The molecule has 0 radical (unpaired) electrons. The average molecular weight is 278 g/mol. The van der Waals surface area contributed by atoms with Gasteiger partial charge in [0.2, 0.25) is 0 Å². The van der Waals surface area contributed by atoms with Crippen LogP contribution in [-0.2, 0) is 6.54 Å². The zero-order chi connectivity index (χ0) is 14.4. The Morgan fingerprint density at radius 1 is 1.05 bits per heavy atom. The predicted molar refractivity (Wildman–Crippen MR) is 79.0 cm³/mol. The fraction of sp³-hybridized carbons (Fsp3) is 0.643. The van der Waals surface area contributed by atoms with Gasteiger partial charge in [-0.2, -0.15) is 0 Å². The van der Waals surface area contributed by atoms with Crippen LogP contribution in [0.4, 0.5) is 0 Å². The third kappa shape index (κ3) is 3.59. The van der Waals surface area contributed by atoms with Gasteiger partial charge in [-0.15, -0.1) is 0 Å². The largest absolute Gasteiger partial charge is 0.327 e. The highest BCUT2D eigenvalue weighted by Crippen LogP contribution is 2.09. The van der Waals surface area contributed by atoms with Gasteiger partial charge in [0.1, 0.15) is 5.65 Å². The SMILES string of the molecule is CCCCCCCCCn1cnc2c(=O)[nH]c(=O)[nH]c21. The molecule has 2 aromatic rings. The summed E-state index contributed by atoms with van der Waals surface area (Å²) in [5.41, 5.74) is -0.0943. The third-order valence-corrected chi connectivity index (χ3v) is 3.51. The minimum Gasteiger partial charge on any atom is -0.317 e. The topological polar surface area (TPSA) is 83.5 Å². The highest BCUT2D eigenvalue weighted by Gasteiger charge is 2.07. The van der Waals surface area contributed by atoms with E-state index >= 15 is 0 Å². The van der Waals surface area contributed by atoms with Gasteiger partial charge in [-0.05, 0) is 6.42 Å². The standard InChI is InChI=1S/C14H22N4O2/c1-2-3-4-5-6-7-8-9-18-10-15-11-12(18)16-14(20)17-13(11)19/h10H,2-9H2,1H3,(H2,16,17,19,20). The first-order valence-corrected chi connectivity index (χ1v) is 7.40. The van der Waals surface area contributed by atoms with Crippen LogP contribution in [0.5, 0.6) is 0 Å². The van der Waals surface area contributed by atoms with Crippen molar-refractivity contribution in [1.82, 2.24) is 19.5 Å². The molecule has 0 saturated heterocycles. The molecule has 0 bridgehead atoms. The summed E-state index contributed by atoms with van der Waals surface area (Å²) >= 11 is 0. The van der Waals surface area contributed by atoms with Crippen LogP contribution in [0.2, 0.25) is 0 Å². The molecule has 6 heteroatoms. The van der Waals surface area contributed by atoms with Crippen molar-refractivity contribution in [3.05, 3.63) is 27.2 Å². The maximum Gasteiger partial charge on any atom is 0.327 e. The van der Waals surface area contributed by atoms with Crippen LogP contribution >= 0.6 is 0 Å². The molecule has 0 aliphatic heterocycles. The molecule has 0 spiro atoms. The van der Waals surface area contributed by atoms with Crippen LogP contribution < -0.4 is 11.2 Å². The number of hydrogen-bond donors (Lipinski definition) is 2. The average Bonchev–Trinajstić information content (AvgIpc) is 2.81. The number of H-pyrrole nitrogens is 2. The second-order valence-electron chi connectivity index (χ2n) is 5.16. The predicted octanol–water partition coefficient (Wildman–Crippen LogP) is 2.16. The van der Waals surface area contributed by atoms with Gasteiger partial charge in [-0.1, -0.05) is 45.4 Å². The molecule has 0 amide bonds. The third-order valence-electron chi connectivity index (χ3n) is 3.51. The van der Waals surface area contributed by atoms with E-state index in [1.54, 1.807) is 6.33 Å². The normalized spacial score (nSPS) is 11.2. The van der Waals surface area contributed by atoms with Crippen molar-refractivity contribution in [2.24, 2.45) is 0 Å². The lowest BCUT2D eigenvalue weighted by Crippen LogP contribution is -2.22. The Morgan fingerprint density at radius 3 is 2.50 bits per heavy atom. The van der Waals surface area contributed by atoms with Crippen LogP contribution in [0.3, 0.4) is 0 Å². The van der Waals surface area contributed by atoms with Gasteiger partial charge >= 0.3 is 5.69 Å². The fourth-order valence-electron chi connectivity index (χ4n) is 2.39. The molecule has 0 unspecified atom stereocenters. The van der Waals surface area contributed by atoms with Crippen molar-refractivity contribution >= 4 is 11.2 Å². The molecule has 2 rings (SSSR count). The summed E-state index contributed by atoms with van der Waals surface area (Å²) in [5.74, 6) is 0. The van der Waals surface area contributed by atoms with Crippen molar-refractivity contribution in [3.63, 3.8) is 0 Å². The molecule has 20 heavy (non-hydrogen) atoms. The molecule has 0 saturated carbocycles. The fourth-order valence-corrected chi connectivity index (χ4v) is 2.39. The first-order valence-electron chi connectivity index (χ1n) is 7.40. The smallest absolute Gasteiger partial charge is 0.317 e. The Kier molecular flexibility index (Phi) is 5.15. The number of imidazole rings is 1. The molecular weight excluding hydrogens is 256 g/mol. The monoisotopic (exact) mass is 278 g/mol. The van der Waals surface area contributed by atoms with Gasteiger partial charge < -0.3 is 4.57 Å². The Hall–Kier alpha value is -1.85. The maximum absolute atomic E-state index is 11.5. The zero-order valence-corrected chi connectivity index (χ0v) is 11.9. The van der Waals surface area contributed by atoms with E-state index in [0.29, 0.717) is 11.2 Å². The molecule has 2 heterocycles. The summed E-state index contributed by atoms with van der Waals surface area (Å²) in [5, 5.41) is 0.